The lowest BCUT2D eigenvalue weighted by atomic mass is 10.2. The van der Waals surface area contributed by atoms with Gasteiger partial charge in [-0.05, 0) is 19.9 Å². The third kappa shape index (κ3) is 3.85. The third-order valence-electron chi connectivity index (χ3n) is 2.06. The van der Waals surface area contributed by atoms with Crippen LogP contribution in [0.2, 0.25) is 0 Å². The maximum atomic E-state index is 9.11. The predicted octanol–water partition coefficient (Wildman–Crippen LogP) is 1.41. The summed E-state index contributed by atoms with van der Waals surface area (Å²) in [6, 6.07) is 2.01. The lowest BCUT2D eigenvalue weighted by Gasteiger charge is -2.16. The summed E-state index contributed by atoms with van der Waals surface area (Å²) in [6.45, 7) is 5.38. The van der Waals surface area contributed by atoms with E-state index in [1.165, 1.54) is 0 Å². The van der Waals surface area contributed by atoms with Gasteiger partial charge in [0.25, 0.3) is 0 Å². The quantitative estimate of drug-likeness (QED) is 0.745. The molecule has 0 saturated heterocycles. The highest BCUT2D eigenvalue weighted by molar-refractivity contribution is 5.49. The van der Waals surface area contributed by atoms with Crippen molar-refractivity contribution in [3.63, 3.8) is 0 Å². The van der Waals surface area contributed by atoms with Gasteiger partial charge in [-0.2, -0.15) is 0 Å². The van der Waals surface area contributed by atoms with E-state index >= 15 is 0 Å². The molecule has 1 atom stereocenters. The van der Waals surface area contributed by atoms with Crippen LogP contribution in [-0.2, 0) is 11.3 Å². The van der Waals surface area contributed by atoms with E-state index in [1.807, 2.05) is 13.8 Å². The monoisotopic (exact) mass is 210 g/mol. The van der Waals surface area contributed by atoms with Crippen molar-refractivity contribution in [2.24, 2.45) is 0 Å². The summed E-state index contributed by atoms with van der Waals surface area (Å²) >= 11 is 0. The molecule has 1 aromatic rings. The molecular weight excluding hydrogens is 192 g/mol. The fourth-order valence-electron chi connectivity index (χ4n) is 1.29. The molecule has 0 amide bonds. The molecule has 1 heterocycles. The highest BCUT2D eigenvalue weighted by Gasteiger charge is 2.05. The molecule has 2 N–H and O–H groups in total. The average molecular weight is 210 g/mol. The summed E-state index contributed by atoms with van der Waals surface area (Å²) in [6.07, 6.45) is 3.39. The van der Waals surface area contributed by atoms with Crippen molar-refractivity contribution in [1.82, 2.24) is 4.98 Å². The van der Waals surface area contributed by atoms with Crippen molar-refractivity contribution in [2.45, 2.75) is 26.5 Å². The number of anilines is 1. The van der Waals surface area contributed by atoms with E-state index in [9.17, 15) is 0 Å². The normalized spacial score (nSPS) is 12.5. The van der Waals surface area contributed by atoms with Crippen molar-refractivity contribution < 1.29 is 9.84 Å². The van der Waals surface area contributed by atoms with Gasteiger partial charge in [-0.25, -0.2) is 0 Å². The third-order valence-corrected chi connectivity index (χ3v) is 2.06. The van der Waals surface area contributed by atoms with Crippen molar-refractivity contribution in [1.29, 1.82) is 0 Å². The fraction of sp³-hybridized carbons (Fsp3) is 0.545. The molecule has 0 saturated carbocycles. The Labute approximate surface area is 90.3 Å². The second-order valence-electron chi connectivity index (χ2n) is 3.40. The number of rotatable bonds is 6. The number of aliphatic hydroxyl groups is 1. The molecule has 4 nitrogen and oxygen atoms in total. The number of pyridine rings is 1. The first-order chi connectivity index (χ1) is 7.27. The maximum absolute atomic E-state index is 9.11. The molecule has 84 valence electrons. The van der Waals surface area contributed by atoms with E-state index in [2.05, 4.69) is 10.3 Å². The van der Waals surface area contributed by atoms with Crippen LogP contribution in [-0.4, -0.2) is 29.3 Å². The Morgan fingerprint density at radius 3 is 3.07 bits per heavy atom. The molecule has 4 heteroatoms. The zero-order valence-electron chi connectivity index (χ0n) is 9.23. The number of hydrogen-bond acceptors (Lipinski definition) is 4. The Bertz CT molecular complexity index is 292. The molecule has 0 bridgehead atoms. The summed E-state index contributed by atoms with van der Waals surface area (Å²) in [5, 5.41) is 12.4. The lowest BCUT2D eigenvalue weighted by Crippen LogP contribution is -2.22. The van der Waals surface area contributed by atoms with Crippen LogP contribution in [0.3, 0.4) is 0 Å². The first-order valence-corrected chi connectivity index (χ1v) is 5.16. The summed E-state index contributed by atoms with van der Waals surface area (Å²) in [5.41, 5.74) is 1.72. The van der Waals surface area contributed by atoms with Crippen molar-refractivity contribution >= 4 is 5.69 Å². The summed E-state index contributed by atoms with van der Waals surface area (Å²) < 4.78 is 5.30. The van der Waals surface area contributed by atoms with Gasteiger partial charge in [-0.1, -0.05) is 0 Å². The lowest BCUT2D eigenvalue weighted by molar-refractivity contribution is 0.141. The van der Waals surface area contributed by atoms with Crippen molar-refractivity contribution in [3.8, 4) is 0 Å². The van der Waals surface area contributed by atoms with E-state index < -0.39 is 0 Å². The zero-order chi connectivity index (χ0) is 11.1. The van der Waals surface area contributed by atoms with Gasteiger partial charge >= 0.3 is 0 Å². The second-order valence-corrected chi connectivity index (χ2v) is 3.40. The number of nitrogens with one attached hydrogen (secondary N) is 1. The zero-order valence-corrected chi connectivity index (χ0v) is 9.23. The molecule has 0 aromatic carbocycles. The highest BCUT2D eigenvalue weighted by Crippen LogP contribution is 2.14. The van der Waals surface area contributed by atoms with Crippen LogP contribution in [0.4, 0.5) is 5.69 Å². The molecule has 1 aromatic heterocycles. The van der Waals surface area contributed by atoms with E-state index in [4.69, 9.17) is 9.84 Å². The summed E-state index contributed by atoms with van der Waals surface area (Å²) in [4.78, 5) is 4.01. The van der Waals surface area contributed by atoms with E-state index in [1.54, 1.807) is 18.5 Å². The standard InChI is InChI=1S/C11H18N2O2/c1-3-15-8-9(2)13-11-6-12-5-4-10(11)7-14/h4-6,9,13-14H,3,7-8H2,1-2H3. The smallest absolute Gasteiger partial charge is 0.0703 e. The second kappa shape index (κ2) is 6.37. The minimum Gasteiger partial charge on any atom is -0.392 e. The largest absolute Gasteiger partial charge is 0.392 e. The van der Waals surface area contributed by atoms with Gasteiger partial charge in [0, 0.05) is 24.4 Å². The van der Waals surface area contributed by atoms with Crippen LogP contribution in [0.1, 0.15) is 19.4 Å². The minimum atomic E-state index is 0.0200. The average Bonchev–Trinajstić information content (AvgIpc) is 2.27. The van der Waals surface area contributed by atoms with Gasteiger partial charge in [0.15, 0.2) is 0 Å². The number of nitrogens with zero attached hydrogens (tertiary/aromatic N) is 1. The number of ether oxygens (including phenoxy) is 1. The summed E-state index contributed by atoms with van der Waals surface area (Å²) in [5.74, 6) is 0. The molecule has 0 aliphatic rings. The maximum Gasteiger partial charge on any atom is 0.0703 e. The van der Waals surface area contributed by atoms with Crippen LogP contribution in [0, 0.1) is 0 Å². The van der Waals surface area contributed by atoms with E-state index in [0.29, 0.717) is 13.2 Å². The Morgan fingerprint density at radius 1 is 1.60 bits per heavy atom. The molecule has 0 aliphatic carbocycles. The van der Waals surface area contributed by atoms with Gasteiger partial charge in [0.05, 0.1) is 25.1 Å². The van der Waals surface area contributed by atoms with Gasteiger partial charge in [-0.15, -0.1) is 0 Å². The van der Waals surface area contributed by atoms with Crippen LogP contribution >= 0.6 is 0 Å². The summed E-state index contributed by atoms with van der Waals surface area (Å²) in [7, 11) is 0. The number of aromatic nitrogens is 1. The van der Waals surface area contributed by atoms with Crippen LogP contribution in [0.5, 0.6) is 0 Å². The Balaban J connectivity index is 2.55. The molecule has 0 spiro atoms. The highest BCUT2D eigenvalue weighted by atomic mass is 16.5. The molecule has 1 unspecified atom stereocenters. The number of aliphatic hydroxyl groups excluding tert-OH is 1. The Kier molecular flexibility index (Phi) is 5.07. The molecular formula is C11H18N2O2. The molecule has 15 heavy (non-hydrogen) atoms. The predicted molar refractivity (Wildman–Crippen MR) is 59.7 cm³/mol. The van der Waals surface area contributed by atoms with Gasteiger partial charge in [0.2, 0.25) is 0 Å². The van der Waals surface area contributed by atoms with E-state index in [0.717, 1.165) is 11.3 Å². The van der Waals surface area contributed by atoms with Crippen LogP contribution in [0.25, 0.3) is 0 Å². The molecule has 0 radical (unpaired) electrons. The molecule has 0 aliphatic heterocycles. The van der Waals surface area contributed by atoms with Gasteiger partial charge in [-0.3, -0.25) is 4.98 Å². The Morgan fingerprint density at radius 2 is 2.40 bits per heavy atom. The topological polar surface area (TPSA) is 54.4 Å². The molecule has 1 rings (SSSR count). The minimum absolute atomic E-state index is 0.0200. The van der Waals surface area contributed by atoms with Gasteiger partial charge in [0.1, 0.15) is 0 Å². The SMILES string of the molecule is CCOCC(C)Nc1cnccc1CO. The van der Waals surface area contributed by atoms with Crippen molar-refractivity contribution in [2.75, 3.05) is 18.5 Å². The Hall–Kier alpha value is -1.13. The molecule has 0 fully saturated rings. The first-order valence-electron chi connectivity index (χ1n) is 5.16. The van der Waals surface area contributed by atoms with E-state index in [-0.39, 0.29) is 12.6 Å². The fourth-order valence-corrected chi connectivity index (χ4v) is 1.29. The van der Waals surface area contributed by atoms with Crippen LogP contribution < -0.4 is 5.32 Å². The van der Waals surface area contributed by atoms with Crippen LogP contribution in [0.15, 0.2) is 18.5 Å². The van der Waals surface area contributed by atoms with Gasteiger partial charge < -0.3 is 15.2 Å². The van der Waals surface area contributed by atoms with Crippen molar-refractivity contribution in [3.05, 3.63) is 24.0 Å². The number of hydrogen-bond donors (Lipinski definition) is 2. The first kappa shape index (κ1) is 11.9.